The lowest BCUT2D eigenvalue weighted by atomic mass is 10.1. The number of anilines is 1. The average Bonchev–Trinajstić information content (AvgIpc) is 2.93. The number of nitrogens with zero attached hydrogens (tertiary/aromatic N) is 2. The van der Waals surface area contributed by atoms with Crippen LogP contribution in [0.25, 0.3) is 0 Å². The second-order valence-corrected chi connectivity index (χ2v) is 5.40. The van der Waals surface area contributed by atoms with Gasteiger partial charge in [0.05, 0.1) is 6.04 Å². The van der Waals surface area contributed by atoms with E-state index in [9.17, 15) is 4.79 Å². The van der Waals surface area contributed by atoms with Gasteiger partial charge in [0.1, 0.15) is 5.82 Å². The highest BCUT2D eigenvalue weighted by Gasteiger charge is 2.13. The molecule has 0 saturated carbocycles. The second-order valence-electron chi connectivity index (χ2n) is 5.40. The van der Waals surface area contributed by atoms with Crippen LogP contribution in [0, 0.1) is 6.92 Å². The zero-order valence-electron chi connectivity index (χ0n) is 13.3. The molecule has 6 heteroatoms. The Bertz CT molecular complexity index is 605. The standard InChI is InChI=1S/C16H23N5O/c1-4-5-6-13-7-9-14(10-8-13)19-16(22)17-11(2)15-18-12(3)20-21-15/h7-11H,4-6H2,1-3H3,(H2,17,19,22)(H,18,20,21)/t11-/m1/s1. The zero-order valence-corrected chi connectivity index (χ0v) is 13.3. The van der Waals surface area contributed by atoms with Crippen LogP contribution >= 0.6 is 0 Å². The Labute approximate surface area is 130 Å². The van der Waals surface area contributed by atoms with E-state index in [1.165, 1.54) is 18.4 Å². The maximum absolute atomic E-state index is 12.0. The van der Waals surface area contributed by atoms with Crippen LogP contribution in [0.5, 0.6) is 0 Å². The molecule has 2 amide bonds. The van der Waals surface area contributed by atoms with Crippen molar-refractivity contribution >= 4 is 11.7 Å². The van der Waals surface area contributed by atoms with Crippen LogP contribution in [0.15, 0.2) is 24.3 Å². The predicted octanol–water partition coefficient (Wildman–Crippen LogP) is 3.34. The number of rotatable bonds is 6. The molecule has 0 unspecified atom stereocenters. The number of hydrogen-bond acceptors (Lipinski definition) is 3. The topological polar surface area (TPSA) is 82.7 Å². The lowest BCUT2D eigenvalue weighted by molar-refractivity contribution is 0.249. The van der Waals surface area contributed by atoms with Gasteiger partial charge in [0.2, 0.25) is 0 Å². The number of urea groups is 1. The molecule has 0 aliphatic carbocycles. The highest BCUT2D eigenvalue weighted by molar-refractivity contribution is 5.89. The van der Waals surface area contributed by atoms with Crippen molar-refractivity contribution in [3.05, 3.63) is 41.5 Å². The quantitative estimate of drug-likeness (QED) is 0.765. The summed E-state index contributed by atoms with van der Waals surface area (Å²) in [5.41, 5.74) is 2.06. The van der Waals surface area contributed by atoms with Crippen molar-refractivity contribution < 1.29 is 4.79 Å². The Balaban J connectivity index is 1.86. The van der Waals surface area contributed by atoms with Gasteiger partial charge in [0, 0.05) is 5.69 Å². The Morgan fingerprint density at radius 1 is 1.32 bits per heavy atom. The number of aromatic nitrogens is 3. The number of H-pyrrole nitrogens is 1. The number of nitrogens with one attached hydrogen (secondary N) is 3. The highest BCUT2D eigenvalue weighted by atomic mass is 16.2. The Morgan fingerprint density at radius 3 is 2.64 bits per heavy atom. The summed E-state index contributed by atoms with van der Waals surface area (Å²) in [6.07, 6.45) is 3.44. The van der Waals surface area contributed by atoms with Crippen LogP contribution < -0.4 is 10.6 Å². The number of amides is 2. The van der Waals surface area contributed by atoms with Gasteiger partial charge < -0.3 is 10.6 Å². The minimum absolute atomic E-state index is 0.256. The molecule has 1 aromatic carbocycles. The number of carbonyl (C=O) groups is 1. The molecule has 1 atom stereocenters. The van der Waals surface area contributed by atoms with Gasteiger partial charge in [0.25, 0.3) is 0 Å². The molecule has 3 N–H and O–H groups in total. The van der Waals surface area contributed by atoms with Gasteiger partial charge in [-0.3, -0.25) is 5.10 Å². The first-order chi connectivity index (χ1) is 10.6. The van der Waals surface area contributed by atoms with Crippen LogP contribution in [0.4, 0.5) is 10.5 Å². The molecule has 1 aromatic heterocycles. The van der Waals surface area contributed by atoms with Gasteiger partial charge in [-0.2, -0.15) is 5.10 Å². The molecule has 118 valence electrons. The maximum Gasteiger partial charge on any atom is 0.319 e. The van der Waals surface area contributed by atoms with Crippen LogP contribution in [0.3, 0.4) is 0 Å². The summed E-state index contributed by atoms with van der Waals surface area (Å²) >= 11 is 0. The third-order valence-electron chi connectivity index (χ3n) is 3.38. The first kappa shape index (κ1) is 16.0. The first-order valence-electron chi connectivity index (χ1n) is 7.64. The monoisotopic (exact) mass is 301 g/mol. The largest absolute Gasteiger partial charge is 0.328 e. The van der Waals surface area contributed by atoms with Crippen molar-refractivity contribution in [2.24, 2.45) is 0 Å². The molecule has 0 bridgehead atoms. The molecular formula is C16H23N5O. The highest BCUT2D eigenvalue weighted by Crippen LogP contribution is 2.12. The lowest BCUT2D eigenvalue weighted by Crippen LogP contribution is -2.31. The minimum atomic E-state index is -0.267. The molecule has 0 aliphatic heterocycles. The van der Waals surface area contributed by atoms with Crippen molar-refractivity contribution in [1.82, 2.24) is 20.5 Å². The fourth-order valence-corrected chi connectivity index (χ4v) is 2.12. The first-order valence-corrected chi connectivity index (χ1v) is 7.64. The predicted molar refractivity (Wildman–Crippen MR) is 86.7 cm³/mol. The maximum atomic E-state index is 12.0. The zero-order chi connectivity index (χ0) is 15.9. The van der Waals surface area contributed by atoms with Gasteiger partial charge in [-0.05, 0) is 44.4 Å². The minimum Gasteiger partial charge on any atom is -0.328 e. The smallest absolute Gasteiger partial charge is 0.319 e. The number of aryl methyl sites for hydroxylation is 2. The van der Waals surface area contributed by atoms with Crippen molar-refractivity contribution in [1.29, 1.82) is 0 Å². The third kappa shape index (κ3) is 4.58. The van der Waals surface area contributed by atoms with E-state index in [2.05, 4.69) is 32.7 Å². The molecule has 22 heavy (non-hydrogen) atoms. The summed E-state index contributed by atoms with van der Waals surface area (Å²) in [5, 5.41) is 12.4. The van der Waals surface area contributed by atoms with E-state index in [1.54, 1.807) is 0 Å². The molecular weight excluding hydrogens is 278 g/mol. The normalized spacial score (nSPS) is 12.0. The number of carbonyl (C=O) groups excluding carboxylic acids is 1. The van der Waals surface area contributed by atoms with Crippen molar-refractivity contribution in [2.75, 3.05) is 5.32 Å². The van der Waals surface area contributed by atoms with E-state index in [1.807, 2.05) is 38.1 Å². The molecule has 2 rings (SSSR count). The van der Waals surface area contributed by atoms with Crippen molar-refractivity contribution in [3.8, 4) is 0 Å². The van der Waals surface area contributed by atoms with Crippen molar-refractivity contribution in [3.63, 3.8) is 0 Å². The average molecular weight is 301 g/mol. The number of hydrogen-bond donors (Lipinski definition) is 3. The van der Waals surface area contributed by atoms with Crippen molar-refractivity contribution in [2.45, 2.75) is 46.1 Å². The molecule has 2 aromatic rings. The van der Waals surface area contributed by atoms with Crippen LogP contribution in [-0.2, 0) is 6.42 Å². The van der Waals surface area contributed by atoms with E-state index in [-0.39, 0.29) is 12.1 Å². The molecule has 0 aliphatic rings. The molecule has 0 fully saturated rings. The lowest BCUT2D eigenvalue weighted by Gasteiger charge is -2.12. The fourth-order valence-electron chi connectivity index (χ4n) is 2.12. The number of benzene rings is 1. The summed E-state index contributed by atoms with van der Waals surface area (Å²) in [7, 11) is 0. The third-order valence-corrected chi connectivity index (χ3v) is 3.38. The van der Waals surface area contributed by atoms with E-state index in [0.29, 0.717) is 5.82 Å². The van der Waals surface area contributed by atoms with E-state index in [4.69, 9.17) is 0 Å². The summed E-state index contributed by atoms with van der Waals surface area (Å²) in [4.78, 5) is 16.2. The molecule has 6 nitrogen and oxygen atoms in total. The summed E-state index contributed by atoms with van der Waals surface area (Å²) in [5.74, 6) is 1.30. The van der Waals surface area contributed by atoms with Crippen LogP contribution in [-0.4, -0.2) is 21.2 Å². The molecule has 0 saturated heterocycles. The second kappa shape index (κ2) is 7.59. The number of unbranched alkanes of at least 4 members (excludes halogenated alkanes) is 1. The Kier molecular flexibility index (Phi) is 5.52. The van der Waals surface area contributed by atoms with Gasteiger partial charge >= 0.3 is 6.03 Å². The summed E-state index contributed by atoms with van der Waals surface area (Å²) < 4.78 is 0. The van der Waals surface area contributed by atoms with Gasteiger partial charge in [-0.15, -0.1) is 0 Å². The van der Waals surface area contributed by atoms with E-state index < -0.39 is 0 Å². The number of aromatic amines is 1. The van der Waals surface area contributed by atoms with Gasteiger partial charge in [-0.1, -0.05) is 25.5 Å². The van der Waals surface area contributed by atoms with Crippen LogP contribution in [0.2, 0.25) is 0 Å². The SMILES string of the molecule is CCCCc1ccc(NC(=O)N[C@H](C)c2n[nH]c(C)n2)cc1. The Morgan fingerprint density at radius 2 is 2.05 bits per heavy atom. The van der Waals surface area contributed by atoms with E-state index in [0.717, 1.165) is 17.9 Å². The Hall–Kier alpha value is -2.37. The van der Waals surface area contributed by atoms with Crippen LogP contribution in [0.1, 0.15) is 49.9 Å². The fraction of sp³-hybridized carbons (Fsp3) is 0.438. The van der Waals surface area contributed by atoms with Gasteiger partial charge in [-0.25, -0.2) is 9.78 Å². The molecule has 0 spiro atoms. The summed E-state index contributed by atoms with van der Waals surface area (Å²) in [6.45, 7) is 5.84. The van der Waals surface area contributed by atoms with Gasteiger partial charge in [0.15, 0.2) is 5.82 Å². The molecule has 1 heterocycles. The van der Waals surface area contributed by atoms with E-state index >= 15 is 0 Å². The molecule has 0 radical (unpaired) electrons. The summed E-state index contributed by atoms with van der Waals surface area (Å²) in [6, 6.07) is 7.42.